The standard InChI is InChI=1S/C8H20N.CH3NO2/c1-5-9(6-2,7-3)8-4;2-1(3)4/h5-8H2,1-4H3;2H2,(H,3,4)/q+1;/p-1. The first kappa shape index (κ1) is 14.7. The summed E-state index contributed by atoms with van der Waals surface area (Å²) in [6, 6.07) is 0. The van der Waals surface area contributed by atoms with Crippen LogP contribution in [0.4, 0.5) is 4.79 Å². The molecule has 13 heavy (non-hydrogen) atoms. The summed E-state index contributed by atoms with van der Waals surface area (Å²) in [5.74, 6) is 0. The number of quaternary nitrogens is 1. The summed E-state index contributed by atoms with van der Waals surface area (Å²) in [5, 5.41) is 8.67. The van der Waals surface area contributed by atoms with Crippen molar-refractivity contribution < 1.29 is 14.4 Å². The molecule has 0 atom stereocenters. The van der Waals surface area contributed by atoms with Crippen molar-refractivity contribution in [1.29, 1.82) is 0 Å². The van der Waals surface area contributed by atoms with Gasteiger partial charge in [-0.1, -0.05) is 0 Å². The van der Waals surface area contributed by atoms with Crippen molar-refractivity contribution in [1.82, 2.24) is 0 Å². The highest BCUT2D eigenvalue weighted by Crippen LogP contribution is 2.03. The van der Waals surface area contributed by atoms with Crippen molar-refractivity contribution >= 4 is 6.09 Å². The molecule has 0 aromatic carbocycles. The van der Waals surface area contributed by atoms with E-state index in [0.717, 1.165) is 0 Å². The van der Waals surface area contributed by atoms with Crippen molar-refractivity contribution in [2.75, 3.05) is 26.2 Å². The van der Waals surface area contributed by atoms with Crippen LogP contribution in [0, 0.1) is 0 Å². The maximum Gasteiger partial charge on any atom is 0.131 e. The summed E-state index contributed by atoms with van der Waals surface area (Å²) in [4.78, 5) is 8.67. The zero-order chi connectivity index (χ0) is 10.9. The van der Waals surface area contributed by atoms with E-state index in [4.69, 9.17) is 9.90 Å². The van der Waals surface area contributed by atoms with Crippen LogP contribution in [0.2, 0.25) is 0 Å². The van der Waals surface area contributed by atoms with Crippen LogP contribution < -0.4 is 10.8 Å². The number of amides is 1. The molecular formula is C9H22N2O2. The van der Waals surface area contributed by atoms with Gasteiger partial charge in [-0.3, -0.25) is 0 Å². The van der Waals surface area contributed by atoms with E-state index in [9.17, 15) is 0 Å². The van der Waals surface area contributed by atoms with Crippen LogP contribution in [0.5, 0.6) is 0 Å². The fourth-order valence-electron chi connectivity index (χ4n) is 1.34. The number of carboxylic acid groups (broad SMARTS) is 1. The summed E-state index contributed by atoms with van der Waals surface area (Å²) in [5.41, 5.74) is 3.92. The number of rotatable bonds is 4. The summed E-state index contributed by atoms with van der Waals surface area (Å²) in [6.07, 6.45) is -1.58. The first-order valence-corrected chi connectivity index (χ1v) is 4.79. The minimum atomic E-state index is -1.58. The molecule has 0 rings (SSSR count). The van der Waals surface area contributed by atoms with Crippen LogP contribution in [0.15, 0.2) is 0 Å². The van der Waals surface area contributed by atoms with Crippen LogP contribution in [0.3, 0.4) is 0 Å². The van der Waals surface area contributed by atoms with E-state index >= 15 is 0 Å². The number of nitrogens with two attached hydrogens (primary N) is 1. The number of hydrogen-bond donors (Lipinski definition) is 1. The Labute approximate surface area is 80.9 Å². The molecule has 80 valence electrons. The van der Waals surface area contributed by atoms with Crippen LogP contribution in [0.25, 0.3) is 0 Å². The van der Waals surface area contributed by atoms with Crippen molar-refractivity contribution in [2.45, 2.75) is 27.7 Å². The highest BCUT2D eigenvalue weighted by Gasteiger charge is 2.16. The third-order valence-electron chi connectivity index (χ3n) is 2.68. The number of hydrogen-bond acceptors (Lipinski definition) is 2. The smallest absolute Gasteiger partial charge is 0.131 e. The average molecular weight is 190 g/mol. The van der Waals surface area contributed by atoms with E-state index in [1.807, 2.05) is 0 Å². The van der Waals surface area contributed by atoms with Crippen LogP contribution in [-0.4, -0.2) is 36.8 Å². The Kier molecular flexibility index (Phi) is 8.91. The number of carbonyl (C=O) groups excluding carboxylic acids is 1. The van der Waals surface area contributed by atoms with Gasteiger partial charge < -0.3 is 20.1 Å². The fraction of sp³-hybridized carbons (Fsp3) is 0.889. The summed E-state index contributed by atoms with van der Waals surface area (Å²) >= 11 is 0. The van der Waals surface area contributed by atoms with Gasteiger partial charge in [0.2, 0.25) is 0 Å². The minimum Gasteiger partial charge on any atom is -0.530 e. The molecule has 0 spiro atoms. The number of nitrogens with zero attached hydrogens (tertiary/aromatic N) is 1. The molecule has 0 unspecified atom stereocenters. The van der Waals surface area contributed by atoms with Crippen molar-refractivity contribution in [3.8, 4) is 0 Å². The average Bonchev–Trinajstić information content (AvgIpc) is 2.09. The second-order valence-corrected chi connectivity index (χ2v) is 2.93. The maximum absolute atomic E-state index is 8.67. The molecule has 0 bridgehead atoms. The van der Waals surface area contributed by atoms with Crippen LogP contribution in [-0.2, 0) is 0 Å². The lowest BCUT2D eigenvalue weighted by molar-refractivity contribution is -0.921. The second-order valence-electron chi connectivity index (χ2n) is 2.93. The predicted octanol–water partition coefficient (Wildman–Crippen LogP) is 0.171. The minimum absolute atomic E-state index is 1.28. The van der Waals surface area contributed by atoms with E-state index in [0.29, 0.717) is 0 Å². The molecule has 1 amide bonds. The molecule has 0 fully saturated rings. The molecule has 4 nitrogen and oxygen atoms in total. The lowest BCUT2D eigenvalue weighted by atomic mass is 10.3. The normalized spacial score (nSPS) is 10.2. The van der Waals surface area contributed by atoms with Gasteiger partial charge in [0, 0.05) is 0 Å². The molecule has 0 aliphatic rings. The Hall–Kier alpha value is -0.770. The molecule has 0 aromatic rings. The maximum atomic E-state index is 8.67. The third-order valence-corrected chi connectivity index (χ3v) is 2.68. The Morgan fingerprint density at radius 1 is 1.08 bits per heavy atom. The fourth-order valence-corrected chi connectivity index (χ4v) is 1.34. The monoisotopic (exact) mass is 190 g/mol. The first-order chi connectivity index (χ1) is 5.97. The van der Waals surface area contributed by atoms with E-state index in [2.05, 4.69) is 33.4 Å². The Balaban J connectivity index is 0. The van der Waals surface area contributed by atoms with Gasteiger partial charge in [-0.2, -0.15) is 0 Å². The summed E-state index contributed by atoms with van der Waals surface area (Å²) in [6.45, 7) is 14.2. The van der Waals surface area contributed by atoms with Gasteiger partial charge in [0.1, 0.15) is 6.09 Å². The first-order valence-electron chi connectivity index (χ1n) is 4.79. The molecular weight excluding hydrogens is 168 g/mol. The lowest BCUT2D eigenvalue weighted by Crippen LogP contribution is -2.47. The molecule has 2 N–H and O–H groups in total. The molecule has 0 saturated heterocycles. The largest absolute Gasteiger partial charge is 0.530 e. The zero-order valence-electron chi connectivity index (χ0n) is 9.17. The summed E-state index contributed by atoms with van der Waals surface area (Å²) in [7, 11) is 0. The van der Waals surface area contributed by atoms with Gasteiger partial charge in [-0.05, 0) is 27.7 Å². The topological polar surface area (TPSA) is 66.2 Å². The van der Waals surface area contributed by atoms with Crippen molar-refractivity contribution in [3.05, 3.63) is 0 Å². The number of carbonyl (C=O) groups is 1. The number of primary amides is 1. The second kappa shape index (κ2) is 7.86. The highest BCUT2D eigenvalue weighted by molar-refractivity contribution is 5.58. The van der Waals surface area contributed by atoms with Gasteiger partial charge in [-0.25, -0.2) is 0 Å². The van der Waals surface area contributed by atoms with Crippen LogP contribution in [0.1, 0.15) is 27.7 Å². The van der Waals surface area contributed by atoms with Crippen LogP contribution >= 0.6 is 0 Å². The van der Waals surface area contributed by atoms with E-state index in [1.54, 1.807) is 0 Å². The van der Waals surface area contributed by atoms with E-state index in [-0.39, 0.29) is 0 Å². The van der Waals surface area contributed by atoms with Gasteiger partial charge in [0.05, 0.1) is 26.2 Å². The van der Waals surface area contributed by atoms with Gasteiger partial charge in [0.15, 0.2) is 0 Å². The third kappa shape index (κ3) is 7.59. The zero-order valence-corrected chi connectivity index (χ0v) is 9.17. The Morgan fingerprint density at radius 2 is 1.23 bits per heavy atom. The van der Waals surface area contributed by atoms with Gasteiger partial charge in [-0.15, -0.1) is 0 Å². The van der Waals surface area contributed by atoms with Crippen molar-refractivity contribution in [3.63, 3.8) is 0 Å². The SMILES string of the molecule is CC[N+](CC)(CC)CC.NC(=O)[O-]. The summed E-state index contributed by atoms with van der Waals surface area (Å²) < 4.78 is 1.28. The lowest BCUT2D eigenvalue weighted by Gasteiger charge is -2.34. The Bertz CT molecular complexity index is 112. The Morgan fingerprint density at radius 3 is 1.23 bits per heavy atom. The van der Waals surface area contributed by atoms with E-state index in [1.165, 1.54) is 30.7 Å². The molecule has 0 radical (unpaired) electrons. The molecule has 4 heteroatoms. The molecule has 0 aliphatic heterocycles. The highest BCUT2D eigenvalue weighted by atomic mass is 16.4. The quantitative estimate of drug-likeness (QED) is 0.642. The van der Waals surface area contributed by atoms with Gasteiger partial charge >= 0.3 is 0 Å². The molecule has 0 heterocycles. The predicted molar refractivity (Wildman–Crippen MR) is 52.0 cm³/mol. The van der Waals surface area contributed by atoms with Crippen molar-refractivity contribution in [2.24, 2.45) is 5.73 Å². The molecule has 0 saturated carbocycles. The molecule has 0 aliphatic carbocycles. The van der Waals surface area contributed by atoms with E-state index < -0.39 is 6.09 Å². The van der Waals surface area contributed by atoms with Gasteiger partial charge in [0.25, 0.3) is 0 Å². The molecule has 0 aromatic heterocycles.